The number of nitrogens with zero attached hydrogens (tertiary/aromatic N) is 5. The van der Waals surface area contributed by atoms with Gasteiger partial charge in [0.2, 0.25) is 23.5 Å². The molecule has 0 unspecified atom stereocenters. The molecular weight excluding hydrogens is 922 g/mol. The number of hydrogen-bond acceptors (Lipinski definition) is 14. The van der Waals surface area contributed by atoms with Crippen LogP contribution in [-0.4, -0.2) is 144 Å². The first-order chi connectivity index (χ1) is 32.8. The summed E-state index contributed by atoms with van der Waals surface area (Å²) in [6.07, 6.45) is -2.90. The molecule has 1 aliphatic rings. The molecule has 1 aliphatic heterocycles. The normalized spacial score (nSPS) is 16.1. The molecule has 0 bridgehead atoms. The van der Waals surface area contributed by atoms with Gasteiger partial charge >= 0.3 is 12.1 Å². The highest BCUT2D eigenvalue weighted by Gasteiger charge is 2.44. The van der Waals surface area contributed by atoms with Crippen LogP contribution in [0.5, 0.6) is 0 Å². The number of carbonyl (C=O) groups is 4. The van der Waals surface area contributed by atoms with Crippen molar-refractivity contribution in [3.63, 3.8) is 0 Å². The zero-order valence-electron chi connectivity index (χ0n) is 40.1. The predicted molar refractivity (Wildman–Crippen MR) is 252 cm³/mol. The van der Waals surface area contributed by atoms with Crippen molar-refractivity contribution in [2.75, 3.05) is 65.8 Å². The van der Waals surface area contributed by atoms with Gasteiger partial charge in [0.05, 0.1) is 48.6 Å². The summed E-state index contributed by atoms with van der Waals surface area (Å²) in [6, 6.07) is 11.7. The molecule has 378 valence electrons. The van der Waals surface area contributed by atoms with Crippen molar-refractivity contribution in [2.45, 2.75) is 104 Å². The average Bonchev–Trinajstić information content (AvgIpc) is 4.08. The van der Waals surface area contributed by atoms with Gasteiger partial charge in [0.25, 0.3) is 5.91 Å². The summed E-state index contributed by atoms with van der Waals surface area (Å²) < 4.78 is 59.6. The summed E-state index contributed by atoms with van der Waals surface area (Å²) in [5, 5.41) is 22.6. The van der Waals surface area contributed by atoms with E-state index in [2.05, 4.69) is 47.4 Å². The molecule has 21 heteroatoms. The van der Waals surface area contributed by atoms with Crippen LogP contribution in [0.15, 0.2) is 58.6 Å². The molecule has 0 radical (unpaired) electrons. The second-order valence-electron chi connectivity index (χ2n) is 18.1. The molecule has 4 aromatic rings. The Morgan fingerprint density at radius 2 is 1.59 bits per heavy atom. The van der Waals surface area contributed by atoms with E-state index in [0.717, 1.165) is 54.0 Å². The van der Waals surface area contributed by atoms with Crippen molar-refractivity contribution in [1.82, 2.24) is 40.9 Å². The Morgan fingerprint density at radius 1 is 0.928 bits per heavy atom. The lowest BCUT2D eigenvalue weighted by Gasteiger charge is -2.35. The third-order valence-electron chi connectivity index (χ3n) is 11.2. The van der Waals surface area contributed by atoms with Crippen LogP contribution in [0.2, 0.25) is 0 Å². The van der Waals surface area contributed by atoms with Crippen molar-refractivity contribution in [2.24, 2.45) is 5.41 Å². The van der Waals surface area contributed by atoms with Gasteiger partial charge in [0.1, 0.15) is 18.7 Å². The van der Waals surface area contributed by atoms with Crippen molar-refractivity contribution in [1.29, 1.82) is 0 Å². The van der Waals surface area contributed by atoms with E-state index in [1.807, 2.05) is 58.9 Å². The molecule has 4 N–H and O–H groups in total. The lowest BCUT2D eigenvalue weighted by molar-refractivity contribution is -0.159. The SMILES string of the molecule is CCCN(CCCCOCCOCCOCC(=O)N[C@H](C(=O)N1C[C@H](O)C[C@H]1C(=O)NCc1ccc(-c2scnc2C)cc1)C(C)(C)C)C[C@@H](C)NC(=O)c1ccc(-c2noc(C(F)(F)F)n2)cc1. The number of thiazole rings is 1. The number of rotatable bonds is 26. The van der Waals surface area contributed by atoms with E-state index in [1.165, 1.54) is 29.2 Å². The van der Waals surface area contributed by atoms with Gasteiger partial charge < -0.3 is 49.6 Å². The van der Waals surface area contributed by atoms with Crippen LogP contribution in [0, 0.1) is 12.3 Å². The van der Waals surface area contributed by atoms with E-state index in [-0.39, 0.29) is 68.6 Å². The Morgan fingerprint density at radius 3 is 2.22 bits per heavy atom. The Hall–Kier alpha value is -5.32. The van der Waals surface area contributed by atoms with Crippen molar-refractivity contribution in [3.8, 4) is 21.8 Å². The maximum Gasteiger partial charge on any atom is 0.471 e. The largest absolute Gasteiger partial charge is 0.471 e. The fourth-order valence-corrected chi connectivity index (χ4v) is 8.52. The number of aromatic nitrogens is 3. The summed E-state index contributed by atoms with van der Waals surface area (Å²) in [6.45, 7) is 15.3. The molecule has 0 aliphatic carbocycles. The molecule has 4 amide bonds. The molecular formula is C48H65F3N8O9S. The number of amides is 4. The first-order valence-corrected chi connectivity index (χ1v) is 24.0. The van der Waals surface area contributed by atoms with Gasteiger partial charge in [0, 0.05) is 49.8 Å². The van der Waals surface area contributed by atoms with E-state index in [0.29, 0.717) is 31.9 Å². The zero-order chi connectivity index (χ0) is 50.1. The lowest BCUT2D eigenvalue weighted by Crippen LogP contribution is -2.58. The van der Waals surface area contributed by atoms with Crippen LogP contribution in [0.4, 0.5) is 13.2 Å². The molecule has 2 aromatic heterocycles. The number of nitrogens with one attached hydrogen (secondary N) is 3. The Bertz CT molecular complexity index is 2250. The van der Waals surface area contributed by atoms with Crippen LogP contribution >= 0.6 is 11.3 Å². The molecule has 69 heavy (non-hydrogen) atoms. The van der Waals surface area contributed by atoms with E-state index < -0.39 is 47.5 Å². The van der Waals surface area contributed by atoms with E-state index in [4.69, 9.17) is 14.2 Å². The number of benzene rings is 2. The summed E-state index contributed by atoms with van der Waals surface area (Å²) in [5.74, 6) is -3.31. The molecule has 1 fully saturated rings. The molecule has 0 saturated carbocycles. The summed E-state index contributed by atoms with van der Waals surface area (Å²) in [5.41, 5.74) is 4.60. The van der Waals surface area contributed by atoms with Crippen LogP contribution in [0.25, 0.3) is 21.8 Å². The average molecular weight is 987 g/mol. The molecule has 2 aromatic carbocycles. The van der Waals surface area contributed by atoms with Gasteiger partial charge in [-0.15, -0.1) is 11.3 Å². The van der Waals surface area contributed by atoms with Crippen molar-refractivity contribution in [3.05, 3.63) is 76.8 Å². The van der Waals surface area contributed by atoms with Gasteiger partial charge in [-0.05, 0) is 74.9 Å². The number of ether oxygens (including phenoxy) is 3. The predicted octanol–water partition coefficient (Wildman–Crippen LogP) is 5.66. The number of aliphatic hydroxyl groups excluding tert-OH is 1. The number of unbranched alkanes of at least 4 members (excludes halogenated alkanes) is 1. The number of carbonyl (C=O) groups excluding carboxylic acids is 4. The number of aliphatic hydroxyl groups is 1. The smallest absolute Gasteiger partial charge is 0.391 e. The minimum absolute atomic E-state index is 0.0299. The Balaban J connectivity index is 0.921. The van der Waals surface area contributed by atoms with Crippen LogP contribution in [0.1, 0.15) is 87.8 Å². The third-order valence-corrected chi connectivity index (χ3v) is 12.2. The third kappa shape index (κ3) is 17.0. The highest BCUT2D eigenvalue weighted by molar-refractivity contribution is 7.13. The number of alkyl halides is 3. The van der Waals surface area contributed by atoms with E-state index >= 15 is 0 Å². The summed E-state index contributed by atoms with van der Waals surface area (Å²) >= 11 is 1.56. The second-order valence-corrected chi connectivity index (χ2v) is 19.0. The first-order valence-electron chi connectivity index (χ1n) is 23.2. The fourth-order valence-electron chi connectivity index (χ4n) is 7.70. The molecule has 4 atom stereocenters. The zero-order valence-corrected chi connectivity index (χ0v) is 40.9. The van der Waals surface area contributed by atoms with Gasteiger partial charge in [0.15, 0.2) is 0 Å². The molecule has 5 rings (SSSR count). The van der Waals surface area contributed by atoms with Gasteiger partial charge in [-0.1, -0.05) is 69.2 Å². The van der Waals surface area contributed by atoms with Gasteiger partial charge in [-0.25, -0.2) is 4.98 Å². The number of β-amino-alcohol motifs (C(OH)–C–C–N with tert-alkyl or cyclic N) is 1. The number of aryl methyl sites for hydroxylation is 1. The highest BCUT2D eigenvalue weighted by Crippen LogP contribution is 2.30. The van der Waals surface area contributed by atoms with E-state index in [9.17, 15) is 37.5 Å². The van der Waals surface area contributed by atoms with Crippen LogP contribution < -0.4 is 16.0 Å². The maximum absolute atomic E-state index is 13.9. The summed E-state index contributed by atoms with van der Waals surface area (Å²) in [4.78, 5) is 65.6. The number of likely N-dealkylation sites (tertiary alicyclic amines) is 1. The highest BCUT2D eigenvalue weighted by atomic mass is 32.1. The summed E-state index contributed by atoms with van der Waals surface area (Å²) in [7, 11) is 0. The van der Waals surface area contributed by atoms with Gasteiger partial charge in [-0.2, -0.15) is 18.2 Å². The topological polar surface area (TPSA) is 211 Å². The standard InChI is InChI=1S/C48H65F3N8O9S/c1-7-18-58(27-31(2)54-43(62)36-16-14-35(15-17-36)42-56-46(68-57-42)48(49,50)51)19-8-9-20-65-21-22-66-23-24-67-29-39(61)55-41(47(4,5)6)45(64)59-28-37(60)25-38(59)44(63)52-26-33-10-12-34(13-11-33)40-32(3)53-30-69-40/h10-17,30-31,37-38,41,60H,7-9,18-29H2,1-6H3,(H,52,63)(H,54,62)(H,55,61)/t31-,37-,38+,41-/m1/s1. The Labute approximate surface area is 404 Å². The minimum atomic E-state index is -4.75. The first kappa shape index (κ1) is 54.6. The van der Waals surface area contributed by atoms with Crippen molar-refractivity contribution < 1.29 is 56.2 Å². The van der Waals surface area contributed by atoms with E-state index in [1.54, 1.807) is 16.8 Å². The van der Waals surface area contributed by atoms with Gasteiger partial charge in [-0.3, -0.25) is 19.2 Å². The molecule has 3 heterocycles. The lowest BCUT2D eigenvalue weighted by atomic mass is 9.85. The fraction of sp³-hybridized carbons (Fsp3) is 0.562. The monoisotopic (exact) mass is 986 g/mol. The number of hydrogen-bond donors (Lipinski definition) is 4. The second kappa shape index (κ2) is 26.0. The molecule has 17 nitrogen and oxygen atoms in total. The number of halogens is 3. The minimum Gasteiger partial charge on any atom is -0.391 e. The molecule has 1 saturated heterocycles. The van der Waals surface area contributed by atoms with Crippen LogP contribution in [0.3, 0.4) is 0 Å². The van der Waals surface area contributed by atoms with Crippen molar-refractivity contribution >= 4 is 35.0 Å². The maximum atomic E-state index is 13.9. The molecule has 0 spiro atoms. The van der Waals surface area contributed by atoms with Crippen LogP contribution in [-0.2, 0) is 41.3 Å². The quantitative estimate of drug-likeness (QED) is 0.0561. The Kier molecular flexibility index (Phi) is 20.6.